The van der Waals surface area contributed by atoms with E-state index in [2.05, 4.69) is 5.32 Å². The van der Waals surface area contributed by atoms with Crippen LogP contribution in [0.4, 0.5) is 0 Å². The SMILES string of the molecule is CC[C@H](C)[C@H](NC1=C(c2c(CO)cc(C)cc2OC)C(=O)c2cccc(OC)c2C1=O)C(=O)OC. The minimum Gasteiger partial charge on any atom is -0.496 e. The summed E-state index contributed by atoms with van der Waals surface area (Å²) < 4.78 is 16.0. The fraction of sp³-hybridized carbons (Fsp3) is 0.370. The number of carbonyl (C=O) groups excluding carboxylic acids is 3. The summed E-state index contributed by atoms with van der Waals surface area (Å²) in [6.45, 7) is 5.21. The van der Waals surface area contributed by atoms with E-state index in [0.29, 0.717) is 23.3 Å². The number of fused-ring (bicyclic) bond motifs is 1. The maximum atomic E-state index is 14.0. The Kier molecular flexibility index (Phi) is 7.96. The first-order valence-corrected chi connectivity index (χ1v) is 11.4. The van der Waals surface area contributed by atoms with Crippen molar-refractivity contribution >= 4 is 23.1 Å². The number of ketones is 2. The van der Waals surface area contributed by atoms with Crippen LogP contribution in [0.3, 0.4) is 0 Å². The number of ether oxygens (including phenoxy) is 3. The monoisotopic (exact) mass is 481 g/mol. The maximum Gasteiger partial charge on any atom is 0.328 e. The Labute approximate surface area is 204 Å². The van der Waals surface area contributed by atoms with Crippen molar-refractivity contribution in [1.82, 2.24) is 5.32 Å². The molecule has 0 fully saturated rings. The Hall–Kier alpha value is -3.65. The first-order valence-electron chi connectivity index (χ1n) is 11.4. The van der Waals surface area contributed by atoms with Crippen LogP contribution in [0.1, 0.15) is 57.7 Å². The van der Waals surface area contributed by atoms with Crippen LogP contribution in [0.2, 0.25) is 0 Å². The quantitative estimate of drug-likeness (QED) is 0.524. The van der Waals surface area contributed by atoms with Gasteiger partial charge in [-0.25, -0.2) is 4.79 Å². The number of esters is 1. The molecule has 0 aromatic heterocycles. The molecule has 0 amide bonds. The highest BCUT2D eigenvalue weighted by molar-refractivity contribution is 6.41. The largest absolute Gasteiger partial charge is 0.496 e. The number of hydrogen-bond acceptors (Lipinski definition) is 8. The molecule has 2 aromatic rings. The summed E-state index contributed by atoms with van der Waals surface area (Å²) in [4.78, 5) is 40.6. The molecule has 1 aliphatic carbocycles. The predicted octanol–water partition coefficient (Wildman–Crippen LogP) is 3.47. The van der Waals surface area contributed by atoms with Crippen LogP contribution in [-0.4, -0.2) is 50.0 Å². The first kappa shape index (κ1) is 26.0. The van der Waals surface area contributed by atoms with Crippen molar-refractivity contribution in [3.63, 3.8) is 0 Å². The van der Waals surface area contributed by atoms with E-state index in [1.807, 2.05) is 20.8 Å². The zero-order valence-corrected chi connectivity index (χ0v) is 20.9. The van der Waals surface area contributed by atoms with Crippen molar-refractivity contribution in [3.8, 4) is 11.5 Å². The van der Waals surface area contributed by atoms with Crippen LogP contribution in [0.15, 0.2) is 36.0 Å². The molecule has 0 aliphatic heterocycles. The number of aryl methyl sites for hydroxylation is 1. The molecule has 0 saturated heterocycles. The van der Waals surface area contributed by atoms with Crippen LogP contribution < -0.4 is 14.8 Å². The van der Waals surface area contributed by atoms with Gasteiger partial charge in [-0.3, -0.25) is 9.59 Å². The Balaban J connectivity index is 2.40. The molecule has 0 spiro atoms. The average Bonchev–Trinajstić information content (AvgIpc) is 2.88. The topological polar surface area (TPSA) is 111 Å². The Morgan fingerprint density at radius 1 is 1.03 bits per heavy atom. The van der Waals surface area contributed by atoms with Gasteiger partial charge in [0, 0.05) is 11.1 Å². The number of Topliss-reactive ketones (excluding diaryl/α,β-unsaturated/α-hetero) is 2. The highest BCUT2D eigenvalue weighted by atomic mass is 16.5. The van der Waals surface area contributed by atoms with Crippen molar-refractivity contribution in [1.29, 1.82) is 0 Å². The molecule has 0 radical (unpaired) electrons. The van der Waals surface area contributed by atoms with Crippen molar-refractivity contribution < 1.29 is 33.7 Å². The zero-order valence-electron chi connectivity index (χ0n) is 20.9. The van der Waals surface area contributed by atoms with Crippen molar-refractivity contribution in [3.05, 3.63) is 63.8 Å². The molecule has 0 heterocycles. The van der Waals surface area contributed by atoms with Gasteiger partial charge in [0.25, 0.3) is 0 Å². The lowest BCUT2D eigenvalue weighted by Gasteiger charge is -2.29. The van der Waals surface area contributed by atoms with Gasteiger partial charge >= 0.3 is 5.97 Å². The minimum absolute atomic E-state index is 0.0221. The molecule has 8 heteroatoms. The summed E-state index contributed by atoms with van der Waals surface area (Å²) in [6.07, 6.45) is 0.618. The van der Waals surface area contributed by atoms with E-state index >= 15 is 0 Å². The summed E-state index contributed by atoms with van der Waals surface area (Å²) in [5.41, 5.74) is 1.75. The number of aliphatic hydroxyl groups excluding tert-OH is 1. The second kappa shape index (κ2) is 10.7. The van der Waals surface area contributed by atoms with Crippen LogP contribution in [0, 0.1) is 12.8 Å². The van der Waals surface area contributed by atoms with E-state index in [1.165, 1.54) is 21.3 Å². The number of rotatable bonds is 9. The summed E-state index contributed by atoms with van der Waals surface area (Å²) in [6, 6.07) is 7.36. The second-order valence-electron chi connectivity index (χ2n) is 8.48. The molecule has 1 aliphatic rings. The fourth-order valence-electron chi connectivity index (χ4n) is 4.33. The fourth-order valence-corrected chi connectivity index (χ4v) is 4.33. The second-order valence-corrected chi connectivity index (χ2v) is 8.48. The number of hydrogen-bond donors (Lipinski definition) is 2. The first-order chi connectivity index (χ1) is 16.7. The van der Waals surface area contributed by atoms with Gasteiger partial charge < -0.3 is 24.6 Å². The molecule has 2 atom stereocenters. The zero-order chi connectivity index (χ0) is 25.9. The Morgan fingerprint density at radius 3 is 2.29 bits per heavy atom. The lowest BCUT2D eigenvalue weighted by Crippen LogP contribution is -2.45. The van der Waals surface area contributed by atoms with Crippen LogP contribution in [0.25, 0.3) is 5.57 Å². The van der Waals surface area contributed by atoms with E-state index in [1.54, 1.807) is 30.3 Å². The van der Waals surface area contributed by atoms with Gasteiger partial charge in [-0.15, -0.1) is 0 Å². The number of carbonyl (C=O) groups is 3. The molecular formula is C27H31NO7. The predicted molar refractivity (Wildman–Crippen MR) is 131 cm³/mol. The van der Waals surface area contributed by atoms with E-state index < -0.39 is 23.6 Å². The summed E-state index contributed by atoms with van der Waals surface area (Å²) >= 11 is 0. The normalized spacial score (nSPS) is 14.8. The van der Waals surface area contributed by atoms with E-state index in [9.17, 15) is 19.5 Å². The molecule has 3 rings (SSSR count). The van der Waals surface area contributed by atoms with Crippen LogP contribution >= 0.6 is 0 Å². The number of aliphatic hydroxyl groups is 1. The van der Waals surface area contributed by atoms with Gasteiger partial charge in [0.1, 0.15) is 17.5 Å². The molecule has 35 heavy (non-hydrogen) atoms. The molecule has 0 unspecified atom stereocenters. The Bertz CT molecular complexity index is 1170. The average molecular weight is 482 g/mol. The van der Waals surface area contributed by atoms with Gasteiger partial charge in [0.15, 0.2) is 5.78 Å². The molecule has 0 saturated carbocycles. The van der Waals surface area contributed by atoms with Gasteiger partial charge in [-0.2, -0.15) is 0 Å². The molecule has 8 nitrogen and oxygen atoms in total. The smallest absolute Gasteiger partial charge is 0.328 e. The van der Waals surface area contributed by atoms with Crippen molar-refractivity contribution in [2.75, 3.05) is 21.3 Å². The number of allylic oxidation sites excluding steroid dienone is 2. The van der Waals surface area contributed by atoms with Gasteiger partial charge in [-0.05, 0) is 36.1 Å². The van der Waals surface area contributed by atoms with Crippen LogP contribution in [-0.2, 0) is 16.1 Å². The number of methoxy groups -OCH3 is 3. The van der Waals surface area contributed by atoms with Crippen LogP contribution in [0.5, 0.6) is 11.5 Å². The van der Waals surface area contributed by atoms with E-state index in [0.717, 1.165) is 5.56 Å². The highest BCUT2D eigenvalue weighted by Gasteiger charge is 2.39. The lowest BCUT2D eigenvalue weighted by atomic mass is 9.81. The summed E-state index contributed by atoms with van der Waals surface area (Å²) in [5, 5.41) is 13.2. The third kappa shape index (κ3) is 4.66. The molecule has 2 aromatic carbocycles. The molecule has 0 bridgehead atoms. The van der Waals surface area contributed by atoms with Gasteiger partial charge in [0.2, 0.25) is 5.78 Å². The summed E-state index contributed by atoms with van der Waals surface area (Å²) in [5.74, 6) is -1.16. The van der Waals surface area contributed by atoms with Gasteiger partial charge in [-0.1, -0.05) is 38.5 Å². The highest BCUT2D eigenvalue weighted by Crippen LogP contribution is 2.41. The third-order valence-electron chi connectivity index (χ3n) is 6.36. The van der Waals surface area contributed by atoms with Gasteiger partial charge in [0.05, 0.1) is 44.8 Å². The number of nitrogens with one attached hydrogen (secondary N) is 1. The van der Waals surface area contributed by atoms with E-state index in [-0.39, 0.29) is 40.7 Å². The minimum atomic E-state index is -0.892. The molecular weight excluding hydrogens is 450 g/mol. The summed E-state index contributed by atoms with van der Waals surface area (Å²) in [7, 11) is 4.15. The molecule has 186 valence electrons. The number of benzene rings is 2. The molecule has 2 N–H and O–H groups in total. The Morgan fingerprint density at radius 2 is 1.71 bits per heavy atom. The van der Waals surface area contributed by atoms with Crippen molar-refractivity contribution in [2.45, 2.75) is 39.8 Å². The van der Waals surface area contributed by atoms with E-state index in [4.69, 9.17) is 14.2 Å². The maximum absolute atomic E-state index is 14.0. The van der Waals surface area contributed by atoms with Crippen molar-refractivity contribution in [2.24, 2.45) is 5.92 Å². The lowest BCUT2D eigenvalue weighted by molar-refractivity contribution is -0.144. The third-order valence-corrected chi connectivity index (χ3v) is 6.36. The standard InChI is InChI=1S/C27H31NO7/c1-7-15(3)23(27(32)35-6)28-24-22(20-16(13-29)11-14(2)12-19(20)34-5)25(30)17-9-8-10-18(33-4)21(17)26(24)31/h8-12,15,23,28-29H,7,13H2,1-6H3/t15-,23-/m0/s1.